The molecule has 4 rings (SSSR count). The van der Waals surface area contributed by atoms with E-state index in [9.17, 15) is 0 Å². The van der Waals surface area contributed by atoms with Crippen LogP contribution in [0.25, 0.3) is 0 Å². The number of benzene rings is 1. The predicted octanol–water partition coefficient (Wildman–Crippen LogP) is 3.31. The summed E-state index contributed by atoms with van der Waals surface area (Å²) < 4.78 is 7.71. The highest BCUT2D eigenvalue weighted by Crippen LogP contribution is 2.27. The van der Waals surface area contributed by atoms with Crippen molar-refractivity contribution < 1.29 is 4.74 Å². The van der Waals surface area contributed by atoms with E-state index >= 15 is 0 Å². The Labute approximate surface area is 171 Å². The molecular weight excluding hydrogens is 399 g/mol. The van der Waals surface area contributed by atoms with Crippen molar-refractivity contribution in [3.63, 3.8) is 0 Å². The van der Waals surface area contributed by atoms with Gasteiger partial charge in [0.25, 0.3) is 0 Å². The molecule has 0 spiro atoms. The van der Waals surface area contributed by atoms with Gasteiger partial charge in [-0.05, 0) is 18.2 Å². The first kappa shape index (κ1) is 18.7. The number of hydrogen-bond donors (Lipinski definition) is 3. The number of nitrogens with zero attached hydrogens (tertiary/aromatic N) is 3. The molecule has 28 heavy (non-hydrogen) atoms. The number of nitrogens with one attached hydrogen (secondary N) is 2. The molecule has 0 bridgehead atoms. The van der Waals surface area contributed by atoms with Gasteiger partial charge in [0.2, 0.25) is 0 Å². The Morgan fingerprint density at radius 1 is 1.25 bits per heavy atom. The Hall–Kier alpha value is -2.61. The Kier molecular flexibility index (Phi) is 5.21. The number of anilines is 1. The van der Waals surface area contributed by atoms with Crippen molar-refractivity contribution in [1.29, 1.82) is 5.41 Å². The second kappa shape index (κ2) is 7.79. The van der Waals surface area contributed by atoms with Gasteiger partial charge in [0.05, 0.1) is 28.0 Å². The number of halogens is 2. The van der Waals surface area contributed by atoms with Gasteiger partial charge in [-0.1, -0.05) is 23.2 Å². The first-order valence-corrected chi connectivity index (χ1v) is 9.43. The Bertz CT molecular complexity index is 1010. The maximum Gasteiger partial charge on any atom is 0.120 e. The van der Waals surface area contributed by atoms with Crippen LogP contribution in [0.1, 0.15) is 22.7 Å². The lowest BCUT2D eigenvalue weighted by atomic mass is 10.0. The molecule has 9 heteroatoms. The second-order valence-electron chi connectivity index (χ2n) is 6.52. The molecule has 2 aromatic heterocycles. The van der Waals surface area contributed by atoms with E-state index in [2.05, 4.69) is 15.4 Å². The van der Waals surface area contributed by atoms with Gasteiger partial charge in [0.15, 0.2) is 0 Å². The molecule has 3 aromatic rings. The van der Waals surface area contributed by atoms with Gasteiger partial charge in [-0.25, -0.2) is 0 Å². The molecule has 0 atom stereocenters. The minimum atomic E-state index is 0.184. The smallest absolute Gasteiger partial charge is 0.120 e. The molecule has 3 heterocycles. The van der Waals surface area contributed by atoms with Crippen LogP contribution < -0.4 is 15.8 Å². The molecule has 4 N–H and O–H groups in total. The van der Waals surface area contributed by atoms with Crippen molar-refractivity contribution in [2.75, 3.05) is 18.8 Å². The number of nitrogens with two attached hydrogens (primary N) is 1. The SMILES string of the molecule is N=C(c1cnn(C2CNC2)c1)c1cc(OCc2c(Cl)cncc2Cl)ccc1N. The molecule has 0 aliphatic carbocycles. The van der Waals surface area contributed by atoms with Crippen LogP contribution in [0.5, 0.6) is 5.75 Å². The second-order valence-corrected chi connectivity index (χ2v) is 7.33. The van der Waals surface area contributed by atoms with E-state index in [1.54, 1.807) is 24.4 Å². The van der Waals surface area contributed by atoms with Crippen LogP contribution in [-0.2, 0) is 6.61 Å². The number of pyridine rings is 1. The molecule has 0 radical (unpaired) electrons. The van der Waals surface area contributed by atoms with Crippen LogP contribution in [0, 0.1) is 5.41 Å². The standard InChI is InChI=1S/C19H18Cl2N6O/c20-16-7-25-8-17(21)15(16)10-28-13-1-2-18(22)14(3-13)19(23)11-4-26-27(9-11)12-5-24-6-12/h1-4,7-9,12,23-24H,5-6,10,22H2. The fourth-order valence-electron chi connectivity index (χ4n) is 2.86. The number of rotatable bonds is 6. The molecule has 144 valence electrons. The Balaban J connectivity index is 1.53. The van der Waals surface area contributed by atoms with Crippen LogP contribution in [0.2, 0.25) is 10.0 Å². The fraction of sp³-hybridized carbons (Fsp3) is 0.211. The summed E-state index contributed by atoms with van der Waals surface area (Å²) in [5, 5.41) is 17.0. The lowest BCUT2D eigenvalue weighted by Crippen LogP contribution is -2.43. The molecule has 0 unspecified atom stereocenters. The van der Waals surface area contributed by atoms with E-state index in [1.807, 2.05) is 10.9 Å². The minimum absolute atomic E-state index is 0.184. The van der Waals surface area contributed by atoms with Crippen LogP contribution >= 0.6 is 23.2 Å². The maximum atomic E-state index is 8.55. The summed E-state index contributed by atoms with van der Waals surface area (Å²) >= 11 is 12.3. The summed E-state index contributed by atoms with van der Waals surface area (Å²) in [4.78, 5) is 3.93. The zero-order chi connectivity index (χ0) is 19.7. The van der Waals surface area contributed by atoms with E-state index < -0.39 is 0 Å². The topological polar surface area (TPSA) is 102 Å². The van der Waals surface area contributed by atoms with Crippen molar-refractivity contribution in [2.45, 2.75) is 12.6 Å². The van der Waals surface area contributed by atoms with Gasteiger partial charge in [0, 0.05) is 54.1 Å². The van der Waals surface area contributed by atoms with Crippen LogP contribution in [0.3, 0.4) is 0 Å². The predicted molar refractivity (Wildman–Crippen MR) is 110 cm³/mol. The van der Waals surface area contributed by atoms with Crippen molar-refractivity contribution in [2.24, 2.45) is 0 Å². The monoisotopic (exact) mass is 416 g/mol. The normalized spacial score (nSPS) is 13.9. The summed E-state index contributed by atoms with van der Waals surface area (Å²) in [6.45, 7) is 1.96. The third-order valence-corrected chi connectivity index (χ3v) is 5.31. The van der Waals surface area contributed by atoms with Crippen molar-refractivity contribution >= 4 is 34.6 Å². The van der Waals surface area contributed by atoms with Crippen molar-refractivity contribution in [3.05, 3.63) is 69.7 Å². The lowest BCUT2D eigenvalue weighted by molar-refractivity contribution is 0.306. The average Bonchev–Trinajstić information content (AvgIpc) is 3.10. The van der Waals surface area contributed by atoms with Gasteiger partial charge in [0.1, 0.15) is 12.4 Å². The summed E-state index contributed by atoms with van der Waals surface area (Å²) in [6, 6.07) is 5.54. The summed E-state index contributed by atoms with van der Waals surface area (Å²) in [7, 11) is 0. The number of hydrogen-bond acceptors (Lipinski definition) is 6. The average molecular weight is 417 g/mol. The largest absolute Gasteiger partial charge is 0.489 e. The minimum Gasteiger partial charge on any atom is -0.489 e. The third-order valence-electron chi connectivity index (χ3n) is 4.65. The van der Waals surface area contributed by atoms with Crippen LogP contribution in [0.4, 0.5) is 5.69 Å². The zero-order valence-corrected chi connectivity index (χ0v) is 16.3. The first-order valence-electron chi connectivity index (χ1n) is 8.67. The molecule has 0 amide bonds. The van der Waals surface area contributed by atoms with E-state index in [1.165, 1.54) is 12.4 Å². The van der Waals surface area contributed by atoms with Gasteiger partial charge < -0.3 is 15.8 Å². The molecular formula is C19H18Cl2N6O. The Morgan fingerprint density at radius 2 is 2.00 bits per heavy atom. The zero-order valence-electron chi connectivity index (χ0n) is 14.8. The highest BCUT2D eigenvalue weighted by Gasteiger charge is 2.21. The van der Waals surface area contributed by atoms with Gasteiger partial charge in [-0.15, -0.1) is 0 Å². The van der Waals surface area contributed by atoms with Crippen LogP contribution in [-0.4, -0.2) is 33.6 Å². The number of aromatic nitrogens is 3. The number of ether oxygens (including phenoxy) is 1. The Morgan fingerprint density at radius 3 is 2.68 bits per heavy atom. The first-order chi connectivity index (χ1) is 13.5. The summed E-state index contributed by atoms with van der Waals surface area (Å²) in [6.07, 6.45) is 6.60. The van der Waals surface area contributed by atoms with Gasteiger partial charge in [-0.2, -0.15) is 5.10 Å². The van der Waals surface area contributed by atoms with Crippen molar-refractivity contribution in [3.8, 4) is 5.75 Å². The lowest BCUT2D eigenvalue weighted by Gasteiger charge is -2.27. The van der Waals surface area contributed by atoms with E-state index in [0.717, 1.165) is 13.1 Å². The third kappa shape index (κ3) is 3.69. The van der Waals surface area contributed by atoms with Gasteiger partial charge in [-0.3, -0.25) is 15.1 Å². The van der Waals surface area contributed by atoms with E-state index in [-0.39, 0.29) is 6.61 Å². The molecule has 7 nitrogen and oxygen atoms in total. The van der Waals surface area contributed by atoms with Crippen LogP contribution in [0.15, 0.2) is 43.0 Å². The fourth-order valence-corrected chi connectivity index (χ4v) is 3.33. The van der Waals surface area contributed by atoms with Crippen molar-refractivity contribution in [1.82, 2.24) is 20.1 Å². The molecule has 0 saturated carbocycles. The highest BCUT2D eigenvalue weighted by molar-refractivity contribution is 6.35. The van der Waals surface area contributed by atoms with E-state index in [4.69, 9.17) is 39.1 Å². The van der Waals surface area contributed by atoms with E-state index in [0.29, 0.717) is 49.9 Å². The summed E-state index contributed by atoms with van der Waals surface area (Å²) in [5.74, 6) is 0.563. The van der Waals surface area contributed by atoms with Gasteiger partial charge >= 0.3 is 0 Å². The summed E-state index contributed by atoms with van der Waals surface area (Å²) in [5.41, 5.74) is 8.83. The maximum absolute atomic E-state index is 8.55. The highest BCUT2D eigenvalue weighted by atomic mass is 35.5. The molecule has 1 aliphatic heterocycles. The molecule has 1 aliphatic rings. The number of nitrogen functional groups attached to an aromatic ring is 1. The molecule has 1 fully saturated rings. The quantitative estimate of drug-likeness (QED) is 0.422. The molecule has 1 saturated heterocycles. The molecule has 1 aromatic carbocycles.